The van der Waals surface area contributed by atoms with Crippen LogP contribution in [0.15, 0.2) is 59.1 Å². The summed E-state index contributed by atoms with van der Waals surface area (Å²) < 4.78 is 16.9. The predicted octanol–water partition coefficient (Wildman–Crippen LogP) is 3.84. The van der Waals surface area contributed by atoms with Gasteiger partial charge in [0, 0.05) is 4.47 Å². The molecule has 0 aliphatic rings. The van der Waals surface area contributed by atoms with Crippen LogP contribution < -0.4 is 9.47 Å². The summed E-state index contributed by atoms with van der Waals surface area (Å²) >= 11 is 3.36. The summed E-state index contributed by atoms with van der Waals surface area (Å²) in [6.07, 6.45) is 0.214. The topological polar surface area (TPSA) is 44.8 Å². The second kappa shape index (κ2) is 9.10. The molecule has 0 heterocycles. The number of esters is 1. The molecule has 0 atom stereocenters. The van der Waals surface area contributed by atoms with Crippen LogP contribution in [0.5, 0.6) is 11.5 Å². The molecular weight excluding hydrogens is 348 g/mol. The molecule has 0 bridgehead atoms. The molecular formula is C17H17BrO4. The van der Waals surface area contributed by atoms with Gasteiger partial charge in [-0.05, 0) is 30.3 Å². The highest BCUT2D eigenvalue weighted by atomic mass is 79.9. The van der Waals surface area contributed by atoms with Gasteiger partial charge in [-0.15, -0.1) is 0 Å². The van der Waals surface area contributed by atoms with Gasteiger partial charge in [0.05, 0.1) is 13.0 Å². The Balaban J connectivity index is 1.56. The van der Waals surface area contributed by atoms with E-state index in [4.69, 9.17) is 14.2 Å². The fourth-order valence-corrected chi connectivity index (χ4v) is 2.09. The molecule has 22 heavy (non-hydrogen) atoms. The summed E-state index contributed by atoms with van der Waals surface area (Å²) in [6.45, 7) is 0.841. The van der Waals surface area contributed by atoms with Gasteiger partial charge in [-0.2, -0.15) is 0 Å². The van der Waals surface area contributed by atoms with Crippen molar-refractivity contribution in [1.29, 1.82) is 0 Å². The smallest absolute Gasteiger partial charge is 0.309 e. The Kier molecular flexibility index (Phi) is 6.77. The number of benzene rings is 2. The van der Waals surface area contributed by atoms with Gasteiger partial charge in [0.2, 0.25) is 0 Å². The molecule has 0 aliphatic carbocycles. The van der Waals surface area contributed by atoms with Gasteiger partial charge in [-0.3, -0.25) is 4.79 Å². The number of ether oxygens (including phenoxy) is 3. The maximum atomic E-state index is 11.5. The number of hydrogen-bond donors (Lipinski definition) is 0. The van der Waals surface area contributed by atoms with Crippen LogP contribution in [0.3, 0.4) is 0 Å². The van der Waals surface area contributed by atoms with E-state index in [2.05, 4.69) is 15.9 Å². The molecule has 5 heteroatoms. The average molecular weight is 365 g/mol. The summed E-state index contributed by atoms with van der Waals surface area (Å²) in [5.74, 6) is 1.18. The second-order valence-corrected chi connectivity index (χ2v) is 5.35. The van der Waals surface area contributed by atoms with Crippen molar-refractivity contribution in [3.8, 4) is 11.5 Å². The monoisotopic (exact) mass is 364 g/mol. The summed E-state index contributed by atoms with van der Waals surface area (Å²) in [5.41, 5.74) is 0. The van der Waals surface area contributed by atoms with Crippen LogP contribution in [-0.2, 0) is 9.53 Å². The van der Waals surface area contributed by atoms with Gasteiger partial charge in [-0.25, -0.2) is 0 Å². The van der Waals surface area contributed by atoms with Crippen molar-refractivity contribution in [3.05, 3.63) is 59.1 Å². The highest BCUT2D eigenvalue weighted by Gasteiger charge is 2.04. The van der Waals surface area contributed by atoms with Gasteiger partial charge in [0.25, 0.3) is 0 Å². The third-order valence-electron chi connectivity index (χ3n) is 2.73. The molecule has 116 valence electrons. The molecule has 0 saturated carbocycles. The van der Waals surface area contributed by atoms with E-state index < -0.39 is 0 Å². The Hall–Kier alpha value is -2.01. The van der Waals surface area contributed by atoms with Gasteiger partial charge >= 0.3 is 5.97 Å². The molecule has 0 aromatic heterocycles. The molecule has 2 aromatic rings. The lowest BCUT2D eigenvalue weighted by molar-refractivity contribution is -0.144. The Labute approximate surface area is 138 Å². The van der Waals surface area contributed by atoms with Crippen molar-refractivity contribution < 1.29 is 19.0 Å². The van der Waals surface area contributed by atoms with Crippen LogP contribution >= 0.6 is 15.9 Å². The lowest BCUT2D eigenvalue weighted by Gasteiger charge is -2.08. The van der Waals surface area contributed by atoms with E-state index >= 15 is 0 Å². The molecule has 0 fully saturated rings. The molecule has 0 spiro atoms. The van der Waals surface area contributed by atoms with Crippen LogP contribution in [0.4, 0.5) is 0 Å². The van der Waals surface area contributed by atoms with E-state index in [1.54, 1.807) is 0 Å². The van der Waals surface area contributed by atoms with Crippen molar-refractivity contribution in [2.45, 2.75) is 6.42 Å². The zero-order valence-corrected chi connectivity index (χ0v) is 13.6. The molecule has 2 rings (SSSR count). The van der Waals surface area contributed by atoms with E-state index in [9.17, 15) is 4.79 Å². The number of halogens is 1. The predicted molar refractivity (Wildman–Crippen MR) is 87.2 cm³/mol. The minimum absolute atomic E-state index is 0.214. The van der Waals surface area contributed by atoms with E-state index in [1.807, 2.05) is 54.6 Å². The first-order valence-electron chi connectivity index (χ1n) is 6.96. The summed E-state index contributed by atoms with van der Waals surface area (Å²) in [4.78, 5) is 11.5. The third-order valence-corrected chi connectivity index (χ3v) is 3.22. The van der Waals surface area contributed by atoms with E-state index in [1.165, 1.54) is 0 Å². The van der Waals surface area contributed by atoms with Crippen molar-refractivity contribution in [2.75, 3.05) is 19.8 Å². The highest BCUT2D eigenvalue weighted by Crippen LogP contribution is 2.17. The van der Waals surface area contributed by atoms with Gasteiger partial charge in [-0.1, -0.05) is 40.2 Å². The van der Waals surface area contributed by atoms with Crippen LogP contribution in [0, 0.1) is 0 Å². The SMILES string of the molecule is O=C(CCOc1ccccc1)OCCOc1cccc(Br)c1. The fraction of sp³-hybridized carbons (Fsp3) is 0.235. The quantitative estimate of drug-likeness (QED) is 0.527. The van der Waals surface area contributed by atoms with Crippen LogP contribution in [-0.4, -0.2) is 25.8 Å². The minimum Gasteiger partial charge on any atom is -0.493 e. The van der Waals surface area contributed by atoms with Crippen LogP contribution in [0.1, 0.15) is 6.42 Å². The number of carbonyl (C=O) groups excluding carboxylic acids is 1. The first-order chi connectivity index (χ1) is 10.7. The molecule has 0 saturated heterocycles. The van der Waals surface area contributed by atoms with E-state index in [-0.39, 0.29) is 19.0 Å². The normalized spacial score (nSPS) is 10.0. The zero-order valence-electron chi connectivity index (χ0n) is 12.0. The summed E-state index contributed by atoms with van der Waals surface area (Å²) in [5, 5.41) is 0. The fourth-order valence-electron chi connectivity index (χ4n) is 1.71. The Morgan fingerprint density at radius 1 is 0.864 bits per heavy atom. The molecule has 0 amide bonds. The Morgan fingerprint density at radius 2 is 1.59 bits per heavy atom. The molecule has 4 nitrogen and oxygen atoms in total. The first kappa shape index (κ1) is 16.4. The lowest BCUT2D eigenvalue weighted by atomic mass is 10.3. The number of carbonyl (C=O) groups is 1. The average Bonchev–Trinajstić information content (AvgIpc) is 2.53. The Bertz CT molecular complexity index is 586. The Morgan fingerprint density at radius 3 is 2.36 bits per heavy atom. The first-order valence-corrected chi connectivity index (χ1v) is 7.75. The van der Waals surface area contributed by atoms with Crippen molar-refractivity contribution >= 4 is 21.9 Å². The van der Waals surface area contributed by atoms with Crippen LogP contribution in [0.2, 0.25) is 0 Å². The maximum Gasteiger partial charge on any atom is 0.309 e. The molecule has 0 radical (unpaired) electrons. The molecule has 0 aliphatic heterocycles. The zero-order chi connectivity index (χ0) is 15.6. The highest BCUT2D eigenvalue weighted by molar-refractivity contribution is 9.10. The molecule has 0 N–H and O–H groups in total. The van der Waals surface area contributed by atoms with Crippen LogP contribution in [0.25, 0.3) is 0 Å². The number of para-hydroxylation sites is 1. The largest absolute Gasteiger partial charge is 0.493 e. The third kappa shape index (κ3) is 6.18. The van der Waals surface area contributed by atoms with Gasteiger partial charge < -0.3 is 14.2 Å². The summed E-state index contributed by atoms with van der Waals surface area (Å²) in [6, 6.07) is 16.9. The molecule has 0 unspecified atom stereocenters. The second-order valence-electron chi connectivity index (χ2n) is 4.44. The van der Waals surface area contributed by atoms with Gasteiger partial charge in [0.1, 0.15) is 24.7 Å². The van der Waals surface area contributed by atoms with Gasteiger partial charge in [0.15, 0.2) is 0 Å². The maximum absolute atomic E-state index is 11.5. The number of rotatable bonds is 8. The standard InChI is InChI=1S/C17H17BrO4/c18-14-5-4-8-16(13-14)21-11-12-22-17(19)9-10-20-15-6-2-1-3-7-15/h1-8,13H,9-12H2. The van der Waals surface area contributed by atoms with E-state index in [0.717, 1.165) is 16.0 Å². The summed E-state index contributed by atoms with van der Waals surface area (Å²) in [7, 11) is 0. The van der Waals surface area contributed by atoms with E-state index in [0.29, 0.717) is 13.2 Å². The van der Waals surface area contributed by atoms with Crippen molar-refractivity contribution in [3.63, 3.8) is 0 Å². The lowest BCUT2D eigenvalue weighted by Crippen LogP contribution is -2.14. The molecule has 2 aromatic carbocycles. The van der Waals surface area contributed by atoms with Crippen molar-refractivity contribution in [1.82, 2.24) is 0 Å². The van der Waals surface area contributed by atoms with Crippen molar-refractivity contribution in [2.24, 2.45) is 0 Å². The minimum atomic E-state index is -0.297. The number of hydrogen-bond acceptors (Lipinski definition) is 4.